The van der Waals surface area contributed by atoms with Gasteiger partial charge < -0.3 is 9.26 Å². The molecule has 0 saturated heterocycles. The van der Waals surface area contributed by atoms with Crippen LogP contribution in [0.15, 0.2) is 71.3 Å². The molecular formula is C24H23N3O2. The van der Waals surface area contributed by atoms with Crippen LogP contribution in [0, 0.1) is 13.8 Å². The predicted molar refractivity (Wildman–Crippen MR) is 112 cm³/mol. The molecule has 4 aromatic rings. The Balaban J connectivity index is 1.53. The number of hydrogen-bond acceptors (Lipinski definition) is 5. The Morgan fingerprint density at radius 1 is 0.793 bits per heavy atom. The minimum absolute atomic E-state index is 0.0964. The second-order valence-corrected chi connectivity index (χ2v) is 7.62. The summed E-state index contributed by atoms with van der Waals surface area (Å²) in [7, 11) is 0. The van der Waals surface area contributed by atoms with Gasteiger partial charge in [0.15, 0.2) is 0 Å². The Hall–Kier alpha value is -3.47. The van der Waals surface area contributed by atoms with Gasteiger partial charge in [-0.15, -0.1) is 0 Å². The van der Waals surface area contributed by atoms with Crippen LogP contribution >= 0.6 is 0 Å². The highest BCUT2D eigenvalue weighted by molar-refractivity contribution is 5.49. The summed E-state index contributed by atoms with van der Waals surface area (Å²) < 4.78 is 11.0. The molecule has 0 unspecified atom stereocenters. The molecule has 29 heavy (non-hydrogen) atoms. The zero-order valence-electron chi connectivity index (χ0n) is 17.0. The molecule has 0 saturated carbocycles. The molecule has 0 aliphatic heterocycles. The number of hydrogen-bond donors (Lipinski definition) is 0. The van der Waals surface area contributed by atoms with Gasteiger partial charge in [-0.25, -0.2) is 4.98 Å². The van der Waals surface area contributed by atoms with E-state index in [1.165, 1.54) is 16.7 Å². The molecule has 0 N–H and O–H groups in total. The van der Waals surface area contributed by atoms with Crippen LogP contribution in [0.4, 0.5) is 0 Å². The zero-order chi connectivity index (χ0) is 20.4. The molecule has 146 valence electrons. The van der Waals surface area contributed by atoms with Crippen LogP contribution in [-0.4, -0.2) is 15.1 Å². The van der Waals surface area contributed by atoms with Gasteiger partial charge in [0.2, 0.25) is 17.6 Å². The van der Waals surface area contributed by atoms with Crippen LogP contribution in [0.2, 0.25) is 0 Å². The van der Waals surface area contributed by atoms with Crippen molar-refractivity contribution in [3.8, 4) is 23.1 Å². The summed E-state index contributed by atoms with van der Waals surface area (Å²) in [5.41, 5.74) is 4.27. The highest BCUT2D eigenvalue weighted by Crippen LogP contribution is 2.33. The lowest BCUT2D eigenvalue weighted by Gasteiger charge is -2.26. The number of nitrogens with zero attached hydrogens (tertiary/aromatic N) is 3. The minimum Gasteiger partial charge on any atom is -0.439 e. The van der Waals surface area contributed by atoms with Crippen molar-refractivity contribution >= 4 is 0 Å². The topological polar surface area (TPSA) is 61.0 Å². The molecular weight excluding hydrogens is 362 g/mol. The fourth-order valence-electron chi connectivity index (χ4n) is 3.20. The van der Waals surface area contributed by atoms with E-state index in [-0.39, 0.29) is 5.41 Å². The van der Waals surface area contributed by atoms with Crippen molar-refractivity contribution in [2.75, 3.05) is 0 Å². The van der Waals surface area contributed by atoms with Gasteiger partial charge in [-0.05, 0) is 36.2 Å². The maximum atomic E-state index is 5.94. The molecule has 0 bridgehead atoms. The third kappa shape index (κ3) is 4.04. The number of ether oxygens (including phenoxy) is 1. The highest BCUT2D eigenvalue weighted by Gasteiger charge is 2.23. The summed E-state index contributed by atoms with van der Waals surface area (Å²) in [6, 6.07) is 22.3. The SMILES string of the molecule is Cc1ccc(C(C)(C)c2ccc(Oc3cccc(-c4noc(C)n4)n3)cc2)cc1. The van der Waals surface area contributed by atoms with Crippen LogP contribution in [0.1, 0.15) is 36.4 Å². The first-order chi connectivity index (χ1) is 13.9. The number of benzene rings is 2. The summed E-state index contributed by atoms with van der Waals surface area (Å²) in [5, 5.41) is 3.90. The lowest BCUT2D eigenvalue weighted by atomic mass is 9.78. The van der Waals surface area contributed by atoms with Crippen molar-refractivity contribution in [3.05, 3.63) is 89.3 Å². The Labute approximate surface area is 170 Å². The average molecular weight is 385 g/mol. The number of aromatic nitrogens is 3. The molecule has 2 heterocycles. The fraction of sp³-hybridized carbons (Fsp3) is 0.208. The Morgan fingerprint density at radius 2 is 1.45 bits per heavy atom. The predicted octanol–water partition coefficient (Wildman–Crippen LogP) is 5.87. The van der Waals surface area contributed by atoms with Gasteiger partial charge in [-0.3, -0.25) is 0 Å². The summed E-state index contributed by atoms with van der Waals surface area (Å²) >= 11 is 0. The van der Waals surface area contributed by atoms with Crippen LogP contribution < -0.4 is 4.74 Å². The van der Waals surface area contributed by atoms with Crippen molar-refractivity contribution in [3.63, 3.8) is 0 Å². The second-order valence-electron chi connectivity index (χ2n) is 7.62. The number of rotatable bonds is 5. The maximum Gasteiger partial charge on any atom is 0.223 e. The van der Waals surface area contributed by atoms with Gasteiger partial charge >= 0.3 is 0 Å². The van der Waals surface area contributed by atoms with Crippen molar-refractivity contribution in [1.82, 2.24) is 15.1 Å². The van der Waals surface area contributed by atoms with E-state index in [9.17, 15) is 0 Å². The van der Waals surface area contributed by atoms with E-state index < -0.39 is 0 Å². The monoisotopic (exact) mass is 385 g/mol. The normalized spacial score (nSPS) is 11.4. The van der Waals surface area contributed by atoms with Gasteiger partial charge in [0.05, 0.1) is 0 Å². The summed E-state index contributed by atoms with van der Waals surface area (Å²) in [6.45, 7) is 8.30. The molecule has 0 atom stereocenters. The van der Waals surface area contributed by atoms with E-state index in [2.05, 4.69) is 72.3 Å². The standard InChI is InChI=1S/C24H23N3O2/c1-16-8-10-18(11-9-16)24(3,4)19-12-14-20(15-13-19)28-22-7-5-6-21(26-22)23-25-17(2)29-27-23/h5-15H,1-4H3. The average Bonchev–Trinajstić information content (AvgIpc) is 3.15. The molecule has 0 aliphatic carbocycles. The maximum absolute atomic E-state index is 5.94. The molecule has 0 aliphatic rings. The van der Waals surface area contributed by atoms with Gasteiger partial charge in [0, 0.05) is 18.4 Å². The quantitative estimate of drug-likeness (QED) is 0.430. The van der Waals surface area contributed by atoms with Crippen LogP contribution in [0.5, 0.6) is 11.6 Å². The first-order valence-electron chi connectivity index (χ1n) is 9.55. The van der Waals surface area contributed by atoms with E-state index in [4.69, 9.17) is 9.26 Å². The van der Waals surface area contributed by atoms with Gasteiger partial charge in [-0.1, -0.05) is 67.0 Å². The van der Waals surface area contributed by atoms with Crippen molar-refractivity contribution in [2.45, 2.75) is 33.1 Å². The summed E-state index contributed by atoms with van der Waals surface area (Å²) in [6.07, 6.45) is 0. The van der Waals surface area contributed by atoms with E-state index in [0.29, 0.717) is 23.3 Å². The van der Waals surface area contributed by atoms with Gasteiger partial charge in [0.25, 0.3) is 0 Å². The lowest BCUT2D eigenvalue weighted by Crippen LogP contribution is -2.18. The summed E-state index contributed by atoms with van der Waals surface area (Å²) in [5.74, 6) is 2.15. The van der Waals surface area contributed by atoms with Crippen LogP contribution in [-0.2, 0) is 5.41 Å². The first kappa shape index (κ1) is 18.9. The molecule has 4 rings (SSSR count). The Bertz CT molecular complexity index is 1110. The second kappa shape index (κ2) is 7.51. The van der Waals surface area contributed by atoms with E-state index in [0.717, 1.165) is 5.75 Å². The zero-order valence-corrected chi connectivity index (χ0v) is 17.0. The van der Waals surface area contributed by atoms with Gasteiger partial charge in [-0.2, -0.15) is 4.98 Å². The first-order valence-corrected chi connectivity index (χ1v) is 9.55. The van der Waals surface area contributed by atoms with Crippen LogP contribution in [0.3, 0.4) is 0 Å². The summed E-state index contributed by atoms with van der Waals surface area (Å²) in [4.78, 5) is 8.68. The highest BCUT2D eigenvalue weighted by atomic mass is 16.5. The number of pyridine rings is 1. The van der Waals surface area contributed by atoms with E-state index in [1.54, 1.807) is 13.0 Å². The largest absolute Gasteiger partial charge is 0.439 e. The molecule has 0 spiro atoms. The van der Waals surface area contributed by atoms with E-state index in [1.807, 2.05) is 24.3 Å². The van der Waals surface area contributed by atoms with Crippen molar-refractivity contribution < 1.29 is 9.26 Å². The molecule has 5 heteroatoms. The van der Waals surface area contributed by atoms with Crippen LogP contribution in [0.25, 0.3) is 11.5 Å². The Morgan fingerprint density at radius 3 is 2.07 bits per heavy atom. The molecule has 0 fully saturated rings. The smallest absolute Gasteiger partial charge is 0.223 e. The molecule has 5 nitrogen and oxygen atoms in total. The minimum atomic E-state index is -0.0964. The van der Waals surface area contributed by atoms with Crippen molar-refractivity contribution in [1.29, 1.82) is 0 Å². The van der Waals surface area contributed by atoms with Gasteiger partial charge in [0.1, 0.15) is 11.4 Å². The third-order valence-corrected chi connectivity index (χ3v) is 5.05. The molecule has 0 radical (unpaired) electrons. The van der Waals surface area contributed by atoms with Crippen molar-refractivity contribution in [2.24, 2.45) is 0 Å². The van der Waals surface area contributed by atoms with E-state index >= 15 is 0 Å². The lowest BCUT2D eigenvalue weighted by molar-refractivity contribution is 0.394. The number of aryl methyl sites for hydroxylation is 2. The molecule has 2 aromatic heterocycles. The fourth-order valence-corrected chi connectivity index (χ4v) is 3.20. The Kier molecular flexibility index (Phi) is 4.89. The third-order valence-electron chi connectivity index (χ3n) is 5.05. The molecule has 2 aromatic carbocycles. The molecule has 0 amide bonds.